The van der Waals surface area contributed by atoms with Crippen LogP contribution >= 0.6 is 11.6 Å². The first-order chi connectivity index (χ1) is 19.6. The summed E-state index contributed by atoms with van der Waals surface area (Å²) in [6.07, 6.45) is 3.28. The third-order valence-electron chi connectivity index (χ3n) is 6.67. The van der Waals surface area contributed by atoms with Crippen molar-refractivity contribution in [1.29, 1.82) is 0 Å². The summed E-state index contributed by atoms with van der Waals surface area (Å²) in [7, 11) is -3.68. The van der Waals surface area contributed by atoms with Gasteiger partial charge in [-0.15, -0.1) is 0 Å². The van der Waals surface area contributed by atoms with Crippen LogP contribution in [0.2, 0.25) is 5.02 Å². The van der Waals surface area contributed by atoms with E-state index in [0.717, 1.165) is 29.0 Å². The van der Waals surface area contributed by atoms with Crippen LogP contribution in [0.1, 0.15) is 43.7 Å². The Kier molecular flexibility index (Phi) is 12.2. The number of hydrogen-bond acceptors (Lipinski definition) is 4. The predicted octanol–water partition coefficient (Wildman–Crippen LogP) is 5.58. The summed E-state index contributed by atoms with van der Waals surface area (Å²) in [4.78, 5) is 28.9. The zero-order valence-electron chi connectivity index (χ0n) is 23.4. The quantitative estimate of drug-likeness (QED) is 0.230. The van der Waals surface area contributed by atoms with E-state index in [-0.39, 0.29) is 37.7 Å². The molecule has 0 radical (unpaired) electrons. The number of halogens is 2. The number of anilines is 1. The zero-order chi connectivity index (χ0) is 29.8. The molecular formula is C31H37ClFN3O4S. The van der Waals surface area contributed by atoms with Crippen LogP contribution in [-0.2, 0) is 32.6 Å². The summed E-state index contributed by atoms with van der Waals surface area (Å²) < 4.78 is 39.6. The molecule has 0 heterocycles. The Hall–Kier alpha value is -3.43. The number of rotatable bonds is 15. The van der Waals surface area contributed by atoms with E-state index in [9.17, 15) is 22.4 Å². The highest BCUT2D eigenvalue weighted by atomic mass is 35.5. The maximum absolute atomic E-state index is 13.8. The molecule has 7 nitrogen and oxygen atoms in total. The van der Waals surface area contributed by atoms with E-state index in [4.69, 9.17) is 11.6 Å². The van der Waals surface area contributed by atoms with Crippen LogP contribution in [0.3, 0.4) is 0 Å². The van der Waals surface area contributed by atoms with Gasteiger partial charge in [0.25, 0.3) is 0 Å². The van der Waals surface area contributed by atoms with E-state index in [1.165, 1.54) is 29.2 Å². The third-order valence-corrected chi connectivity index (χ3v) is 8.23. The smallest absolute Gasteiger partial charge is 0.243 e. The first-order valence-corrected chi connectivity index (χ1v) is 15.9. The monoisotopic (exact) mass is 601 g/mol. The molecule has 0 bridgehead atoms. The summed E-state index contributed by atoms with van der Waals surface area (Å²) in [5.74, 6) is -1.04. The normalized spacial score (nSPS) is 12.0. The molecular weight excluding hydrogens is 565 g/mol. The lowest BCUT2D eigenvalue weighted by Gasteiger charge is -2.32. The number of carbonyl (C=O) groups excluding carboxylic acids is 2. The lowest BCUT2D eigenvalue weighted by atomic mass is 10.0. The Labute approximate surface area is 247 Å². The van der Waals surface area contributed by atoms with Gasteiger partial charge in [-0.05, 0) is 54.3 Å². The molecule has 0 aromatic heterocycles. The molecule has 0 saturated heterocycles. The highest BCUT2D eigenvalue weighted by Crippen LogP contribution is 2.23. The second-order valence-corrected chi connectivity index (χ2v) is 12.2. The number of sulfonamides is 1. The minimum absolute atomic E-state index is 0.00873. The van der Waals surface area contributed by atoms with Gasteiger partial charge in [-0.25, -0.2) is 12.8 Å². The summed E-state index contributed by atoms with van der Waals surface area (Å²) in [5.41, 5.74) is 1.91. The molecule has 0 aliphatic heterocycles. The highest BCUT2D eigenvalue weighted by Gasteiger charge is 2.31. The first kappa shape index (κ1) is 32.1. The lowest BCUT2D eigenvalue weighted by molar-refractivity contribution is -0.141. The molecule has 1 N–H and O–H groups in total. The average Bonchev–Trinajstić information content (AvgIpc) is 2.94. The molecule has 1 atom stereocenters. The summed E-state index contributed by atoms with van der Waals surface area (Å²) in [6.45, 7) is 2.66. The number of hydrogen-bond donors (Lipinski definition) is 1. The van der Waals surface area contributed by atoms with E-state index in [1.54, 1.807) is 12.1 Å². The summed E-state index contributed by atoms with van der Waals surface area (Å²) >= 11 is 6.46. The van der Waals surface area contributed by atoms with Gasteiger partial charge in [0.2, 0.25) is 21.8 Å². The fourth-order valence-corrected chi connectivity index (χ4v) is 5.64. The van der Waals surface area contributed by atoms with Gasteiger partial charge >= 0.3 is 0 Å². The van der Waals surface area contributed by atoms with Gasteiger partial charge in [0.1, 0.15) is 11.9 Å². The van der Waals surface area contributed by atoms with Crippen molar-refractivity contribution >= 4 is 39.1 Å². The molecule has 3 aromatic rings. The maximum Gasteiger partial charge on any atom is 0.243 e. The van der Waals surface area contributed by atoms with Crippen LogP contribution in [0.25, 0.3) is 0 Å². The van der Waals surface area contributed by atoms with Gasteiger partial charge in [0.05, 0.1) is 11.9 Å². The van der Waals surface area contributed by atoms with Gasteiger partial charge in [0.15, 0.2) is 0 Å². The Morgan fingerprint density at radius 3 is 2.24 bits per heavy atom. The molecule has 2 amide bonds. The van der Waals surface area contributed by atoms with Crippen LogP contribution in [-0.4, -0.2) is 50.5 Å². The highest BCUT2D eigenvalue weighted by molar-refractivity contribution is 7.92. The molecule has 220 valence electrons. The maximum atomic E-state index is 13.8. The molecule has 0 fully saturated rings. The molecule has 10 heteroatoms. The van der Waals surface area contributed by atoms with E-state index < -0.39 is 21.9 Å². The number of unbranched alkanes of at least 4 members (excludes halogenated alkanes) is 1. The number of carbonyl (C=O) groups is 2. The number of amides is 2. The second-order valence-electron chi connectivity index (χ2n) is 9.88. The van der Waals surface area contributed by atoms with Crippen molar-refractivity contribution < 1.29 is 22.4 Å². The second kappa shape index (κ2) is 15.5. The van der Waals surface area contributed by atoms with Crippen LogP contribution in [0.4, 0.5) is 10.1 Å². The van der Waals surface area contributed by atoms with Crippen LogP contribution in [0.5, 0.6) is 0 Å². The van der Waals surface area contributed by atoms with Crippen molar-refractivity contribution in [3.63, 3.8) is 0 Å². The molecule has 41 heavy (non-hydrogen) atoms. The lowest BCUT2D eigenvalue weighted by Crippen LogP contribution is -2.50. The van der Waals surface area contributed by atoms with Gasteiger partial charge in [-0.3, -0.25) is 13.9 Å². The number of nitrogens with zero attached hydrogens (tertiary/aromatic N) is 2. The predicted molar refractivity (Wildman–Crippen MR) is 162 cm³/mol. The van der Waals surface area contributed by atoms with Crippen molar-refractivity contribution in [2.75, 3.05) is 23.7 Å². The van der Waals surface area contributed by atoms with Crippen LogP contribution in [0, 0.1) is 5.82 Å². The largest absolute Gasteiger partial charge is 0.354 e. The van der Waals surface area contributed by atoms with Gasteiger partial charge < -0.3 is 10.2 Å². The van der Waals surface area contributed by atoms with Crippen LogP contribution in [0.15, 0.2) is 78.9 Å². The third kappa shape index (κ3) is 9.86. The van der Waals surface area contributed by atoms with Crippen molar-refractivity contribution in [2.45, 2.75) is 51.6 Å². The van der Waals surface area contributed by atoms with E-state index >= 15 is 0 Å². The van der Waals surface area contributed by atoms with Gasteiger partial charge in [-0.1, -0.05) is 73.5 Å². The Morgan fingerprint density at radius 1 is 0.951 bits per heavy atom. The van der Waals surface area contributed by atoms with Crippen molar-refractivity contribution in [3.8, 4) is 0 Å². The Morgan fingerprint density at radius 2 is 1.61 bits per heavy atom. The van der Waals surface area contributed by atoms with Gasteiger partial charge in [-0.2, -0.15) is 0 Å². The van der Waals surface area contributed by atoms with E-state index in [1.807, 2.05) is 49.4 Å². The van der Waals surface area contributed by atoms with E-state index in [2.05, 4.69) is 5.32 Å². The molecule has 3 aromatic carbocycles. The van der Waals surface area contributed by atoms with Crippen molar-refractivity contribution in [2.24, 2.45) is 0 Å². The molecule has 0 aliphatic carbocycles. The van der Waals surface area contributed by atoms with E-state index in [0.29, 0.717) is 29.2 Å². The van der Waals surface area contributed by atoms with Crippen LogP contribution < -0.4 is 9.62 Å². The molecule has 0 aliphatic rings. The standard InChI is InChI=1S/C31H37ClFN3O4S/c1-3-4-20-34-31(38)29(22-24-11-6-5-7-12-24)35(23-25-13-8-9-14-28(25)32)30(37)15-10-21-36(41(2,39)40)27-18-16-26(33)17-19-27/h5-9,11-14,16-19,29H,3-4,10,15,20-23H2,1-2H3,(H,34,38)/t29-/m0/s1. The number of nitrogens with one attached hydrogen (secondary N) is 1. The summed E-state index contributed by atoms with van der Waals surface area (Å²) in [5, 5.41) is 3.46. The topological polar surface area (TPSA) is 86.8 Å². The molecule has 3 rings (SSSR count). The van der Waals surface area contributed by atoms with Crippen molar-refractivity contribution in [1.82, 2.24) is 10.2 Å². The number of benzene rings is 3. The minimum Gasteiger partial charge on any atom is -0.354 e. The molecule has 0 saturated carbocycles. The zero-order valence-corrected chi connectivity index (χ0v) is 25.0. The molecule has 0 unspecified atom stereocenters. The Bertz CT molecular complexity index is 1390. The van der Waals surface area contributed by atoms with Gasteiger partial charge in [0, 0.05) is 37.5 Å². The molecule has 0 spiro atoms. The average molecular weight is 602 g/mol. The fourth-order valence-electron chi connectivity index (χ4n) is 4.48. The van der Waals surface area contributed by atoms with Crippen molar-refractivity contribution in [3.05, 3.63) is 101 Å². The minimum atomic E-state index is -3.68. The fraction of sp³-hybridized carbons (Fsp3) is 0.355. The Balaban J connectivity index is 1.87. The SMILES string of the molecule is CCCCNC(=O)[C@H](Cc1ccccc1)N(Cc1ccccc1Cl)C(=O)CCCN(c1ccc(F)cc1)S(C)(=O)=O. The first-order valence-electron chi connectivity index (χ1n) is 13.7. The summed E-state index contributed by atoms with van der Waals surface area (Å²) in [6, 6.07) is 21.0.